The quantitative estimate of drug-likeness (QED) is 0.463. The first-order chi connectivity index (χ1) is 4.85. The molecule has 0 amide bonds. The Balaban J connectivity index is 3.89. The summed E-state index contributed by atoms with van der Waals surface area (Å²) < 4.78 is 0. The molecule has 0 aromatic rings. The van der Waals surface area contributed by atoms with Gasteiger partial charge < -0.3 is 5.32 Å². The molecule has 0 spiro atoms. The topological polar surface area (TPSA) is 12.0 Å². The van der Waals surface area contributed by atoms with Gasteiger partial charge in [-0.1, -0.05) is 18.2 Å². The van der Waals surface area contributed by atoms with Crippen LogP contribution < -0.4 is 5.32 Å². The second-order valence-electron chi connectivity index (χ2n) is 1.96. The van der Waals surface area contributed by atoms with Gasteiger partial charge in [0, 0.05) is 19.2 Å². The van der Waals surface area contributed by atoms with E-state index in [4.69, 9.17) is 0 Å². The van der Waals surface area contributed by atoms with Gasteiger partial charge in [-0.2, -0.15) is 0 Å². The lowest BCUT2D eigenvalue weighted by Gasteiger charge is -1.99. The van der Waals surface area contributed by atoms with Crippen LogP contribution in [-0.2, 0) is 0 Å². The lowest BCUT2D eigenvalue weighted by molar-refractivity contribution is 0.940. The summed E-state index contributed by atoms with van der Waals surface area (Å²) in [5.41, 5.74) is 1.19. The summed E-state index contributed by atoms with van der Waals surface area (Å²) in [4.78, 5) is 0. The van der Waals surface area contributed by atoms with Crippen LogP contribution in [0.15, 0.2) is 36.6 Å². The lowest BCUT2D eigenvalue weighted by Crippen LogP contribution is -2.03. The average molecular weight is 137 g/mol. The normalized spacial score (nSPS) is 12.0. The van der Waals surface area contributed by atoms with Crippen molar-refractivity contribution < 1.29 is 0 Å². The highest BCUT2D eigenvalue weighted by Gasteiger charge is 1.84. The zero-order valence-corrected chi connectivity index (χ0v) is 6.72. The fourth-order valence-corrected chi connectivity index (χ4v) is 0.621. The molecule has 56 valence electrons. The van der Waals surface area contributed by atoms with E-state index in [0.29, 0.717) is 0 Å². The third kappa shape index (κ3) is 3.96. The Kier molecular flexibility index (Phi) is 5.54. The van der Waals surface area contributed by atoms with Gasteiger partial charge in [-0.05, 0) is 13.0 Å². The van der Waals surface area contributed by atoms with Crippen molar-refractivity contribution in [3.63, 3.8) is 0 Å². The summed E-state index contributed by atoms with van der Waals surface area (Å²) in [6, 6.07) is 0. The van der Waals surface area contributed by atoms with Gasteiger partial charge in [0.2, 0.25) is 0 Å². The number of hydrogen-bond acceptors (Lipinski definition) is 1. The van der Waals surface area contributed by atoms with E-state index in [1.807, 2.05) is 38.3 Å². The minimum Gasteiger partial charge on any atom is -0.391 e. The van der Waals surface area contributed by atoms with Crippen LogP contribution in [0.2, 0.25) is 0 Å². The predicted octanol–water partition coefficient (Wildman–Crippen LogP) is 2.24. The Labute approximate surface area is 63.1 Å². The van der Waals surface area contributed by atoms with Crippen molar-refractivity contribution >= 4 is 0 Å². The standard InChI is InChI=1S/C9H15N/c1-4-6-8-9(10-3)7-5-2/h4-6,8,10H,2,7H2,1,3H3/b6-4+,9-8+. The van der Waals surface area contributed by atoms with E-state index in [1.54, 1.807) is 0 Å². The zero-order chi connectivity index (χ0) is 7.82. The molecule has 0 atom stereocenters. The summed E-state index contributed by atoms with van der Waals surface area (Å²) in [6.45, 7) is 5.65. The molecule has 0 aliphatic heterocycles. The van der Waals surface area contributed by atoms with E-state index in [-0.39, 0.29) is 0 Å². The Morgan fingerprint density at radius 1 is 1.60 bits per heavy atom. The first kappa shape index (κ1) is 9.02. The Hall–Kier alpha value is -0.980. The van der Waals surface area contributed by atoms with Crippen LogP contribution in [0.3, 0.4) is 0 Å². The van der Waals surface area contributed by atoms with E-state index in [0.717, 1.165) is 6.42 Å². The smallest absolute Gasteiger partial charge is 0.0142 e. The summed E-state index contributed by atoms with van der Waals surface area (Å²) in [5.74, 6) is 0. The summed E-state index contributed by atoms with van der Waals surface area (Å²) in [7, 11) is 1.92. The molecule has 1 nitrogen and oxygen atoms in total. The van der Waals surface area contributed by atoms with Gasteiger partial charge in [0.25, 0.3) is 0 Å². The van der Waals surface area contributed by atoms with Gasteiger partial charge in [-0.3, -0.25) is 0 Å². The molecule has 0 aliphatic carbocycles. The molecule has 0 bridgehead atoms. The molecule has 0 saturated carbocycles. The van der Waals surface area contributed by atoms with Crippen LogP contribution in [0.25, 0.3) is 0 Å². The molecule has 0 heterocycles. The van der Waals surface area contributed by atoms with Gasteiger partial charge in [0.05, 0.1) is 0 Å². The maximum atomic E-state index is 3.65. The Morgan fingerprint density at radius 3 is 2.70 bits per heavy atom. The van der Waals surface area contributed by atoms with E-state index in [2.05, 4.69) is 11.9 Å². The maximum Gasteiger partial charge on any atom is 0.0142 e. The van der Waals surface area contributed by atoms with Gasteiger partial charge in [0.15, 0.2) is 0 Å². The van der Waals surface area contributed by atoms with Crippen molar-refractivity contribution in [1.82, 2.24) is 5.32 Å². The highest BCUT2D eigenvalue weighted by atomic mass is 14.8. The second-order valence-corrected chi connectivity index (χ2v) is 1.96. The number of allylic oxidation sites excluding steroid dienone is 4. The molecule has 0 aromatic carbocycles. The lowest BCUT2D eigenvalue weighted by atomic mass is 10.3. The van der Waals surface area contributed by atoms with E-state index < -0.39 is 0 Å². The third-order valence-electron chi connectivity index (χ3n) is 1.18. The molecule has 10 heavy (non-hydrogen) atoms. The molecule has 0 aliphatic rings. The van der Waals surface area contributed by atoms with Crippen molar-refractivity contribution in [2.75, 3.05) is 7.05 Å². The van der Waals surface area contributed by atoms with E-state index in [9.17, 15) is 0 Å². The minimum absolute atomic E-state index is 0.904. The minimum atomic E-state index is 0.904. The predicted molar refractivity (Wildman–Crippen MR) is 46.8 cm³/mol. The fraction of sp³-hybridized carbons (Fsp3) is 0.333. The molecular formula is C9H15N. The first-order valence-electron chi connectivity index (χ1n) is 3.45. The van der Waals surface area contributed by atoms with Crippen molar-refractivity contribution in [1.29, 1.82) is 0 Å². The van der Waals surface area contributed by atoms with Crippen LogP contribution >= 0.6 is 0 Å². The molecule has 1 N–H and O–H groups in total. The summed E-state index contributed by atoms with van der Waals surface area (Å²) >= 11 is 0. The molecule has 0 unspecified atom stereocenters. The van der Waals surface area contributed by atoms with Gasteiger partial charge in [-0.15, -0.1) is 6.58 Å². The van der Waals surface area contributed by atoms with Crippen LogP contribution in [0.4, 0.5) is 0 Å². The molecule has 0 fully saturated rings. The van der Waals surface area contributed by atoms with E-state index in [1.165, 1.54) is 5.70 Å². The highest BCUT2D eigenvalue weighted by Crippen LogP contribution is 1.95. The average Bonchev–Trinajstić information content (AvgIpc) is 1.98. The Morgan fingerprint density at radius 2 is 2.30 bits per heavy atom. The number of nitrogens with one attached hydrogen (secondary N) is 1. The van der Waals surface area contributed by atoms with Crippen molar-refractivity contribution in [3.8, 4) is 0 Å². The SMILES string of the molecule is C=CC/C(=C\C=C\C)NC. The second kappa shape index (κ2) is 6.14. The van der Waals surface area contributed by atoms with Crippen molar-refractivity contribution in [3.05, 3.63) is 36.6 Å². The van der Waals surface area contributed by atoms with Crippen molar-refractivity contribution in [2.24, 2.45) is 0 Å². The number of hydrogen-bond donors (Lipinski definition) is 1. The Bertz CT molecular complexity index is 143. The van der Waals surface area contributed by atoms with Crippen LogP contribution in [-0.4, -0.2) is 7.05 Å². The zero-order valence-electron chi connectivity index (χ0n) is 6.72. The van der Waals surface area contributed by atoms with Crippen LogP contribution in [0.5, 0.6) is 0 Å². The molecule has 1 heteroatoms. The van der Waals surface area contributed by atoms with Crippen LogP contribution in [0.1, 0.15) is 13.3 Å². The maximum absolute atomic E-state index is 3.65. The molecule has 0 radical (unpaired) electrons. The summed E-state index contributed by atoms with van der Waals surface area (Å²) in [6.07, 6.45) is 8.84. The monoisotopic (exact) mass is 137 g/mol. The molecular weight excluding hydrogens is 122 g/mol. The van der Waals surface area contributed by atoms with Crippen LogP contribution in [0, 0.1) is 0 Å². The molecule has 0 rings (SSSR count). The summed E-state index contributed by atoms with van der Waals surface area (Å²) in [5, 5.41) is 3.08. The van der Waals surface area contributed by atoms with Gasteiger partial charge in [-0.25, -0.2) is 0 Å². The van der Waals surface area contributed by atoms with Gasteiger partial charge >= 0.3 is 0 Å². The third-order valence-corrected chi connectivity index (χ3v) is 1.18. The highest BCUT2D eigenvalue weighted by molar-refractivity contribution is 5.12. The molecule has 0 aromatic heterocycles. The largest absolute Gasteiger partial charge is 0.391 e. The van der Waals surface area contributed by atoms with Crippen molar-refractivity contribution in [2.45, 2.75) is 13.3 Å². The van der Waals surface area contributed by atoms with Gasteiger partial charge in [0.1, 0.15) is 0 Å². The molecule has 0 saturated heterocycles. The first-order valence-corrected chi connectivity index (χ1v) is 3.45. The van der Waals surface area contributed by atoms with E-state index >= 15 is 0 Å². The number of rotatable bonds is 4. The fourth-order valence-electron chi connectivity index (χ4n) is 0.621.